The quantitative estimate of drug-likeness (QED) is 0.879. The number of rotatable bonds is 5. The molecule has 0 fully saturated rings. The molecular formula is C20H22N2O3. The number of amides is 2. The van der Waals surface area contributed by atoms with Crippen molar-refractivity contribution in [3.8, 4) is 5.75 Å². The normalized spacial score (nSPS) is 17.2. The van der Waals surface area contributed by atoms with Crippen molar-refractivity contribution >= 4 is 11.8 Å². The molecular weight excluding hydrogens is 316 g/mol. The third-order valence-electron chi connectivity index (χ3n) is 4.51. The molecule has 1 aliphatic rings. The lowest BCUT2D eigenvalue weighted by atomic mass is 9.87. The minimum absolute atomic E-state index is 0.0285. The molecule has 3 N–H and O–H groups in total. The lowest BCUT2D eigenvalue weighted by Gasteiger charge is -2.27. The van der Waals surface area contributed by atoms with E-state index in [1.165, 1.54) is 11.1 Å². The molecule has 130 valence electrons. The van der Waals surface area contributed by atoms with Crippen LogP contribution in [-0.4, -0.2) is 17.9 Å². The fourth-order valence-electron chi connectivity index (χ4n) is 3.15. The number of hydrogen-bond donors (Lipinski definition) is 2. The maximum absolute atomic E-state index is 12.5. The molecule has 3 rings (SSSR count). The number of primary amides is 1. The van der Waals surface area contributed by atoms with Crippen molar-refractivity contribution in [3.05, 3.63) is 65.2 Å². The average Bonchev–Trinajstić information content (AvgIpc) is 2.62. The highest BCUT2D eigenvalue weighted by Crippen LogP contribution is 2.29. The van der Waals surface area contributed by atoms with Gasteiger partial charge in [-0.05, 0) is 61.6 Å². The first-order valence-corrected chi connectivity index (χ1v) is 8.49. The van der Waals surface area contributed by atoms with Crippen LogP contribution in [0.3, 0.4) is 0 Å². The fraction of sp³-hybridized carbons (Fsp3) is 0.300. The fourth-order valence-corrected chi connectivity index (χ4v) is 3.15. The van der Waals surface area contributed by atoms with Crippen LogP contribution < -0.4 is 15.8 Å². The van der Waals surface area contributed by atoms with Gasteiger partial charge in [-0.15, -0.1) is 0 Å². The van der Waals surface area contributed by atoms with E-state index < -0.39 is 12.0 Å². The van der Waals surface area contributed by atoms with Crippen LogP contribution >= 0.6 is 0 Å². The maximum atomic E-state index is 12.5. The van der Waals surface area contributed by atoms with E-state index in [2.05, 4.69) is 17.4 Å². The summed E-state index contributed by atoms with van der Waals surface area (Å²) < 4.78 is 5.68. The number of hydrogen-bond acceptors (Lipinski definition) is 3. The molecule has 2 aromatic rings. The second-order valence-electron chi connectivity index (χ2n) is 6.30. The highest BCUT2D eigenvalue weighted by molar-refractivity contribution is 5.92. The molecule has 2 aromatic carbocycles. The van der Waals surface area contributed by atoms with Crippen molar-refractivity contribution in [2.24, 2.45) is 5.73 Å². The second-order valence-corrected chi connectivity index (χ2v) is 6.30. The van der Waals surface area contributed by atoms with E-state index in [9.17, 15) is 9.59 Å². The van der Waals surface area contributed by atoms with Gasteiger partial charge < -0.3 is 15.8 Å². The number of benzene rings is 2. The summed E-state index contributed by atoms with van der Waals surface area (Å²) in [7, 11) is 0. The third-order valence-corrected chi connectivity index (χ3v) is 4.51. The van der Waals surface area contributed by atoms with Gasteiger partial charge in [0.1, 0.15) is 5.75 Å². The van der Waals surface area contributed by atoms with Crippen LogP contribution in [0.15, 0.2) is 48.5 Å². The van der Waals surface area contributed by atoms with Gasteiger partial charge >= 0.3 is 0 Å². The van der Waals surface area contributed by atoms with Gasteiger partial charge in [0.15, 0.2) is 6.10 Å². The molecule has 5 nitrogen and oxygen atoms in total. The second kappa shape index (κ2) is 7.38. The SMILES string of the molecule is C[C@H](Oc1ccc(C(N)=O)cc1)C(=O)N[C@H]1CCCc2ccccc21. The molecule has 0 unspecified atom stereocenters. The summed E-state index contributed by atoms with van der Waals surface area (Å²) in [5, 5.41) is 3.09. The molecule has 0 aromatic heterocycles. The Labute approximate surface area is 147 Å². The molecule has 0 saturated heterocycles. The van der Waals surface area contributed by atoms with Crippen LogP contribution in [0.25, 0.3) is 0 Å². The van der Waals surface area contributed by atoms with E-state index in [4.69, 9.17) is 10.5 Å². The first kappa shape index (κ1) is 17.0. The van der Waals surface area contributed by atoms with Crippen LogP contribution in [0.4, 0.5) is 0 Å². The van der Waals surface area contributed by atoms with Crippen molar-refractivity contribution in [2.45, 2.75) is 38.3 Å². The molecule has 5 heteroatoms. The number of nitrogens with one attached hydrogen (secondary N) is 1. The smallest absolute Gasteiger partial charge is 0.261 e. The molecule has 1 aliphatic carbocycles. The summed E-state index contributed by atoms with van der Waals surface area (Å²) in [5.74, 6) is -0.120. The van der Waals surface area contributed by atoms with E-state index >= 15 is 0 Å². The van der Waals surface area contributed by atoms with Crippen molar-refractivity contribution in [1.29, 1.82) is 0 Å². The van der Waals surface area contributed by atoms with Gasteiger partial charge in [-0.25, -0.2) is 0 Å². The lowest BCUT2D eigenvalue weighted by Crippen LogP contribution is -2.39. The van der Waals surface area contributed by atoms with Gasteiger partial charge in [0.25, 0.3) is 5.91 Å². The molecule has 0 aliphatic heterocycles. The number of fused-ring (bicyclic) bond motifs is 1. The molecule has 0 heterocycles. The Morgan fingerprint density at radius 2 is 1.88 bits per heavy atom. The Morgan fingerprint density at radius 3 is 2.60 bits per heavy atom. The summed E-state index contributed by atoms with van der Waals surface area (Å²) >= 11 is 0. The maximum Gasteiger partial charge on any atom is 0.261 e. The van der Waals surface area contributed by atoms with E-state index in [-0.39, 0.29) is 11.9 Å². The summed E-state index contributed by atoms with van der Waals surface area (Å²) in [6.07, 6.45) is 2.42. The number of carbonyl (C=O) groups is 2. The van der Waals surface area contributed by atoms with Crippen molar-refractivity contribution < 1.29 is 14.3 Å². The lowest BCUT2D eigenvalue weighted by molar-refractivity contribution is -0.128. The van der Waals surface area contributed by atoms with Gasteiger partial charge in [-0.3, -0.25) is 9.59 Å². The summed E-state index contributed by atoms with van der Waals surface area (Å²) in [6, 6.07) is 14.7. The number of aryl methyl sites for hydroxylation is 1. The van der Waals surface area contributed by atoms with E-state index in [1.54, 1.807) is 31.2 Å². The topological polar surface area (TPSA) is 81.4 Å². The van der Waals surface area contributed by atoms with E-state index in [0.29, 0.717) is 11.3 Å². The molecule has 2 atom stereocenters. The number of ether oxygens (including phenoxy) is 1. The third kappa shape index (κ3) is 3.99. The Bertz CT molecular complexity index is 771. The zero-order valence-corrected chi connectivity index (χ0v) is 14.2. The van der Waals surface area contributed by atoms with E-state index in [0.717, 1.165) is 19.3 Å². The van der Waals surface area contributed by atoms with Crippen LogP contribution in [-0.2, 0) is 11.2 Å². The molecule has 25 heavy (non-hydrogen) atoms. The van der Waals surface area contributed by atoms with Crippen LogP contribution in [0.2, 0.25) is 0 Å². The molecule has 2 amide bonds. The average molecular weight is 338 g/mol. The highest BCUT2D eigenvalue weighted by Gasteiger charge is 2.24. The Kier molecular flexibility index (Phi) is 5.03. The minimum Gasteiger partial charge on any atom is -0.481 e. The molecule has 0 saturated carbocycles. The zero-order valence-electron chi connectivity index (χ0n) is 14.2. The van der Waals surface area contributed by atoms with E-state index in [1.807, 2.05) is 12.1 Å². The highest BCUT2D eigenvalue weighted by atomic mass is 16.5. The number of carbonyl (C=O) groups excluding carboxylic acids is 2. The monoisotopic (exact) mass is 338 g/mol. The Balaban J connectivity index is 1.62. The van der Waals surface area contributed by atoms with Gasteiger partial charge in [-0.2, -0.15) is 0 Å². The van der Waals surface area contributed by atoms with Crippen LogP contribution in [0, 0.1) is 0 Å². The van der Waals surface area contributed by atoms with Crippen molar-refractivity contribution in [2.75, 3.05) is 0 Å². The first-order valence-electron chi connectivity index (χ1n) is 8.49. The van der Waals surface area contributed by atoms with Crippen LogP contribution in [0.5, 0.6) is 5.75 Å². The first-order chi connectivity index (χ1) is 12.0. The Morgan fingerprint density at radius 1 is 1.16 bits per heavy atom. The van der Waals surface area contributed by atoms with Crippen molar-refractivity contribution in [3.63, 3.8) is 0 Å². The summed E-state index contributed by atoms with van der Waals surface area (Å²) in [5.41, 5.74) is 8.11. The van der Waals surface area contributed by atoms with Crippen LogP contribution in [0.1, 0.15) is 47.3 Å². The molecule has 0 radical (unpaired) electrons. The molecule has 0 bridgehead atoms. The molecule has 0 spiro atoms. The van der Waals surface area contributed by atoms with Crippen molar-refractivity contribution in [1.82, 2.24) is 5.32 Å². The van der Waals surface area contributed by atoms with Gasteiger partial charge in [0.05, 0.1) is 6.04 Å². The predicted molar refractivity (Wildman–Crippen MR) is 95.3 cm³/mol. The number of nitrogens with two attached hydrogens (primary N) is 1. The van der Waals surface area contributed by atoms with Gasteiger partial charge in [-0.1, -0.05) is 24.3 Å². The Hall–Kier alpha value is -2.82. The zero-order chi connectivity index (χ0) is 17.8. The van der Waals surface area contributed by atoms with Gasteiger partial charge in [0, 0.05) is 5.56 Å². The standard InChI is InChI=1S/C20H22N2O3/c1-13(25-16-11-9-15(10-12-16)19(21)23)20(24)22-18-8-4-6-14-5-2-3-7-17(14)18/h2-3,5,7,9-13,18H,4,6,8H2,1H3,(H2,21,23)(H,22,24)/t13-,18-/m0/s1. The minimum atomic E-state index is -0.631. The predicted octanol–water partition coefficient (Wildman–Crippen LogP) is 2.75. The summed E-state index contributed by atoms with van der Waals surface area (Å²) in [6.45, 7) is 1.71. The largest absolute Gasteiger partial charge is 0.481 e. The summed E-state index contributed by atoms with van der Waals surface area (Å²) in [4.78, 5) is 23.6. The van der Waals surface area contributed by atoms with Gasteiger partial charge in [0.2, 0.25) is 5.91 Å².